The zero-order valence-corrected chi connectivity index (χ0v) is 8.69. The second kappa shape index (κ2) is 4.22. The fourth-order valence-electron chi connectivity index (χ4n) is 1.97. The van der Waals surface area contributed by atoms with Gasteiger partial charge in [-0.3, -0.25) is 10.2 Å². The topological polar surface area (TPSA) is 84.2 Å². The molecule has 2 rings (SSSR count). The number of carbonyl (C=O) groups is 2. The number of nitrogens with two attached hydrogens (primary N) is 1. The summed E-state index contributed by atoms with van der Waals surface area (Å²) < 4.78 is 0. The predicted molar refractivity (Wildman–Crippen MR) is 58.2 cm³/mol. The van der Waals surface area contributed by atoms with E-state index in [0.29, 0.717) is 12.8 Å². The Morgan fingerprint density at radius 1 is 1.12 bits per heavy atom. The van der Waals surface area contributed by atoms with Gasteiger partial charge in [-0.15, -0.1) is 0 Å². The van der Waals surface area contributed by atoms with Crippen molar-refractivity contribution in [2.45, 2.75) is 12.8 Å². The monoisotopic (exact) mass is 219 g/mol. The fraction of sp³-hybridized carbons (Fsp3) is 0.273. The normalized spacial score (nSPS) is 14.2. The largest absolute Gasteiger partial charge is 0.350 e. The zero-order chi connectivity index (χ0) is 11.5. The Bertz CT molecular complexity index is 406. The maximum Gasteiger partial charge on any atom is 0.330 e. The van der Waals surface area contributed by atoms with Crippen LogP contribution in [0.25, 0.3) is 0 Å². The van der Waals surface area contributed by atoms with Gasteiger partial charge in [0.2, 0.25) is 5.91 Å². The predicted octanol–water partition coefficient (Wildman–Crippen LogP) is 0.101. The minimum atomic E-state index is -0.760. The molecule has 0 radical (unpaired) electrons. The van der Waals surface area contributed by atoms with Crippen molar-refractivity contribution >= 4 is 11.9 Å². The fourth-order valence-corrected chi connectivity index (χ4v) is 1.97. The maximum atomic E-state index is 11.6. The SMILES string of the molecule is NC(=O)NNC(=O)C1Cc2ccccc2C1. The van der Waals surface area contributed by atoms with Crippen molar-refractivity contribution in [1.29, 1.82) is 0 Å². The molecule has 84 valence electrons. The number of urea groups is 1. The van der Waals surface area contributed by atoms with Gasteiger partial charge >= 0.3 is 6.03 Å². The number of hydrazine groups is 1. The highest BCUT2D eigenvalue weighted by molar-refractivity contribution is 5.83. The van der Waals surface area contributed by atoms with Crippen LogP contribution in [0.3, 0.4) is 0 Å². The quantitative estimate of drug-likeness (QED) is 0.585. The number of carbonyl (C=O) groups excluding carboxylic acids is 2. The summed E-state index contributed by atoms with van der Waals surface area (Å²) >= 11 is 0. The number of hydrogen-bond acceptors (Lipinski definition) is 2. The van der Waals surface area contributed by atoms with E-state index in [4.69, 9.17) is 5.73 Å². The number of nitrogens with one attached hydrogen (secondary N) is 2. The summed E-state index contributed by atoms with van der Waals surface area (Å²) in [5, 5.41) is 0. The highest BCUT2D eigenvalue weighted by Gasteiger charge is 2.26. The number of hydrogen-bond donors (Lipinski definition) is 3. The molecule has 0 spiro atoms. The van der Waals surface area contributed by atoms with Crippen LogP contribution in [0.15, 0.2) is 24.3 Å². The van der Waals surface area contributed by atoms with Gasteiger partial charge in [0, 0.05) is 5.92 Å². The molecule has 3 amide bonds. The smallest absolute Gasteiger partial charge is 0.330 e. The molecule has 0 saturated carbocycles. The minimum Gasteiger partial charge on any atom is -0.350 e. The number of benzene rings is 1. The summed E-state index contributed by atoms with van der Waals surface area (Å²) in [7, 11) is 0. The van der Waals surface area contributed by atoms with Crippen molar-refractivity contribution in [2.24, 2.45) is 11.7 Å². The summed E-state index contributed by atoms with van der Waals surface area (Å²) in [6, 6.07) is 7.19. The summed E-state index contributed by atoms with van der Waals surface area (Å²) in [4.78, 5) is 22.1. The average Bonchev–Trinajstić information content (AvgIpc) is 2.69. The van der Waals surface area contributed by atoms with Crippen molar-refractivity contribution < 1.29 is 9.59 Å². The third-order valence-corrected chi connectivity index (χ3v) is 2.73. The minimum absolute atomic E-state index is 0.121. The van der Waals surface area contributed by atoms with E-state index in [0.717, 1.165) is 0 Å². The second-order valence-electron chi connectivity index (χ2n) is 3.85. The Morgan fingerprint density at radius 3 is 2.19 bits per heavy atom. The standard InChI is InChI=1S/C11H13N3O2/c12-11(16)14-13-10(15)9-5-7-3-1-2-4-8(7)6-9/h1-4,9H,5-6H2,(H,13,15)(H3,12,14,16). The molecule has 0 heterocycles. The van der Waals surface area contributed by atoms with Crippen LogP contribution in [0.4, 0.5) is 4.79 Å². The van der Waals surface area contributed by atoms with E-state index in [1.54, 1.807) is 0 Å². The van der Waals surface area contributed by atoms with Crippen LogP contribution in [0.5, 0.6) is 0 Å². The van der Waals surface area contributed by atoms with Gasteiger partial charge in [-0.2, -0.15) is 0 Å². The summed E-state index contributed by atoms with van der Waals surface area (Å²) in [6.45, 7) is 0. The van der Waals surface area contributed by atoms with Crippen LogP contribution < -0.4 is 16.6 Å². The van der Waals surface area contributed by atoms with Crippen LogP contribution >= 0.6 is 0 Å². The van der Waals surface area contributed by atoms with E-state index < -0.39 is 6.03 Å². The van der Waals surface area contributed by atoms with Gasteiger partial charge in [0.05, 0.1) is 0 Å². The molecule has 1 aromatic carbocycles. The Kier molecular flexibility index (Phi) is 2.76. The Hall–Kier alpha value is -2.04. The third-order valence-electron chi connectivity index (χ3n) is 2.73. The summed E-state index contributed by atoms with van der Waals surface area (Å²) in [5.74, 6) is -0.320. The van der Waals surface area contributed by atoms with Crippen molar-refractivity contribution in [3.63, 3.8) is 0 Å². The molecule has 0 aliphatic heterocycles. The van der Waals surface area contributed by atoms with Gasteiger partial charge in [-0.05, 0) is 24.0 Å². The molecule has 0 saturated heterocycles. The Balaban J connectivity index is 1.96. The lowest BCUT2D eigenvalue weighted by Gasteiger charge is -2.09. The molecule has 1 aromatic rings. The first-order valence-electron chi connectivity index (χ1n) is 5.09. The number of rotatable bonds is 1. The summed E-state index contributed by atoms with van der Waals surface area (Å²) in [5.41, 5.74) is 11.6. The molecule has 0 bridgehead atoms. The van der Waals surface area contributed by atoms with Crippen molar-refractivity contribution in [2.75, 3.05) is 0 Å². The molecule has 5 nitrogen and oxygen atoms in total. The first-order chi connectivity index (χ1) is 7.66. The molecule has 0 atom stereocenters. The van der Waals surface area contributed by atoms with Gasteiger partial charge in [0.25, 0.3) is 0 Å². The van der Waals surface area contributed by atoms with Gasteiger partial charge in [-0.25, -0.2) is 10.2 Å². The molecule has 1 aliphatic rings. The van der Waals surface area contributed by atoms with E-state index in [9.17, 15) is 9.59 Å². The molecule has 0 fully saturated rings. The lowest BCUT2D eigenvalue weighted by molar-refractivity contribution is -0.125. The van der Waals surface area contributed by atoms with Crippen LogP contribution in [0.2, 0.25) is 0 Å². The van der Waals surface area contributed by atoms with Crippen molar-refractivity contribution in [3.05, 3.63) is 35.4 Å². The van der Waals surface area contributed by atoms with Gasteiger partial charge in [0.15, 0.2) is 0 Å². The average molecular weight is 219 g/mol. The first kappa shape index (κ1) is 10.5. The van der Waals surface area contributed by atoms with Crippen molar-refractivity contribution in [3.8, 4) is 0 Å². The van der Waals surface area contributed by atoms with E-state index in [1.807, 2.05) is 24.3 Å². The van der Waals surface area contributed by atoms with Crippen LogP contribution in [-0.4, -0.2) is 11.9 Å². The van der Waals surface area contributed by atoms with E-state index in [-0.39, 0.29) is 11.8 Å². The van der Waals surface area contributed by atoms with Crippen LogP contribution in [-0.2, 0) is 17.6 Å². The van der Waals surface area contributed by atoms with Gasteiger partial charge in [0.1, 0.15) is 0 Å². The van der Waals surface area contributed by atoms with Crippen LogP contribution in [0.1, 0.15) is 11.1 Å². The molecule has 16 heavy (non-hydrogen) atoms. The molecule has 0 aromatic heterocycles. The third kappa shape index (κ3) is 2.13. The Morgan fingerprint density at radius 2 is 1.69 bits per heavy atom. The van der Waals surface area contributed by atoms with E-state index in [2.05, 4.69) is 10.9 Å². The second-order valence-corrected chi connectivity index (χ2v) is 3.85. The van der Waals surface area contributed by atoms with Crippen molar-refractivity contribution in [1.82, 2.24) is 10.9 Å². The summed E-state index contributed by atoms with van der Waals surface area (Å²) in [6.07, 6.45) is 1.42. The molecule has 4 N–H and O–H groups in total. The lowest BCUT2D eigenvalue weighted by atomic mass is 10.1. The van der Waals surface area contributed by atoms with Crippen LogP contribution in [0, 0.1) is 5.92 Å². The molecular formula is C11H13N3O2. The highest BCUT2D eigenvalue weighted by atomic mass is 16.2. The first-order valence-corrected chi connectivity index (χ1v) is 5.09. The van der Waals surface area contributed by atoms with E-state index in [1.165, 1.54) is 11.1 Å². The number of amides is 3. The molecule has 1 aliphatic carbocycles. The van der Waals surface area contributed by atoms with E-state index >= 15 is 0 Å². The lowest BCUT2D eigenvalue weighted by Crippen LogP contribution is -2.47. The maximum absolute atomic E-state index is 11.6. The molecule has 0 unspecified atom stereocenters. The van der Waals surface area contributed by atoms with Gasteiger partial charge < -0.3 is 5.73 Å². The number of fused-ring (bicyclic) bond motifs is 1. The highest BCUT2D eigenvalue weighted by Crippen LogP contribution is 2.26. The zero-order valence-electron chi connectivity index (χ0n) is 8.69. The molecule has 5 heteroatoms. The number of primary amides is 1. The molecular weight excluding hydrogens is 206 g/mol. The Labute approximate surface area is 93.0 Å². The van der Waals surface area contributed by atoms with Gasteiger partial charge in [-0.1, -0.05) is 24.3 Å².